The molecule has 0 radical (unpaired) electrons. The maximum atomic E-state index is 5.73. The fourth-order valence-corrected chi connectivity index (χ4v) is 2.38. The highest BCUT2D eigenvalue weighted by molar-refractivity contribution is 14.0. The summed E-state index contributed by atoms with van der Waals surface area (Å²) in [6.45, 7) is 5.62. The van der Waals surface area contributed by atoms with E-state index < -0.39 is 0 Å². The molecule has 0 saturated carbocycles. The Bertz CT molecular complexity index is 644. The highest BCUT2D eigenvalue weighted by atomic mass is 127. The van der Waals surface area contributed by atoms with Crippen LogP contribution in [0.25, 0.3) is 0 Å². The fraction of sp³-hybridized carbons (Fsp3) is 0.350. The van der Waals surface area contributed by atoms with Crippen molar-refractivity contribution in [3.05, 3.63) is 65.7 Å². The SMILES string of the molecule is CN=C(NCCc1ccccc1)NCc1cccc(OC(C)C)c1.I. The number of aliphatic imine (C=N–C) groups is 1. The molecule has 136 valence electrons. The van der Waals surface area contributed by atoms with Gasteiger partial charge in [-0.2, -0.15) is 0 Å². The lowest BCUT2D eigenvalue weighted by Gasteiger charge is -2.14. The normalized spacial score (nSPS) is 11.0. The molecule has 0 aliphatic rings. The second-order valence-electron chi connectivity index (χ2n) is 5.90. The summed E-state index contributed by atoms with van der Waals surface area (Å²) in [4.78, 5) is 4.27. The summed E-state index contributed by atoms with van der Waals surface area (Å²) >= 11 is 0. The molecule has 0 bridgehead atoms. The molecule has 0 unspecified atom stereocenters. The zero-order valence-electron chi connectivity index (χ0n) is 15.2. The van der Waals surface area contributed by atoms with Gasteiger partial charge in [0.2, 0.25) is 0 Å². The second-order valence-corrected chi connectivity index (χ2v) is 5.90. The van der Waals surface area contributed by atoms with Crippen LogP contribution in [0.15, 0.2) is 59.6 Å². The first kappa shape index (κ1) is 21.3. The van der Waals surface area contributed by atoms with Gasteiger partial charge in [0.25, 0.3) is 0 Å². The van der Waals surface area contributed by atoms with E-state index in [4.69, 9.17) is 4.74 Å². The summed E-state index contributed by atoms with van der Waals surface area (Å²) in [7, 11) is 1.79. The Morgan fingerprint density at radius 3 is 2.40 bits per heavy atom. The third-order valence-corrected chi connectivity index (χ3v) is 3.50. The van der Waals surface area contributed by atoms with E-state index in [1.54, 1.807) is 7.05 Å². The molecule has 2 N–H and O–H groups in total. The minimum absolute atomic E-state index is 0. The van der Waals surface area contributed by atoms with Crippen LogP contribution in [0.1, 0.15) is 25.0 Å². The molecule has 2 aromatic rings. The van der Waals surface area contributed by atoms with Gasteiger partial charge in [0, 0.05) is 20.1 Å². The van der Waals surface area contributed by atoms with Crippen LogP contribution in [0.3, 0.4) is 0 Å². The van der Waals surface area contributed by atoms with E-state index in [9.17, 15) is 0 Å². The smallest absolute Gasteiger partial charge is 0.191 e. The number of ether oxygens (including phenoxy) is 1. The molecule has 0 amide bonds. The Labute approximate surface area is 168 Å². The third kappa shape index (κ3) is 8.25. The number of halogens is 1. The minimum atomic E-state index is 0. The molecular weight excluding hydrogens is 425 g/mol. The lowest BCUT2D eigenvalue weighted by Crippen LogP contribution is -2.37. The van der Waals surface area contributed by atoms with Crippen molar-refractivity contribution in [2.24, 2.45) is 4.99 Å². The van der Waals surface area contributed by atoms with Crippen molar-refractivity contribution in [3.63, 3.8) is 0 Å². The largest absolute Gasteiger partial charge is 0.491 e. The molecule has 25 heavy (non-hydrogen) atoms. The topological polar surface area (TPSA) is 45.7 Å². The van der Waals surface area contributed by atoms with E-state index in [1.165, 1.54) is 11.1 Å². The Kier molecular flexibility index (Phi) is 9.99. The third-order valence-electron chi connectivity index (χ3n) is 3.50. The molecule has 2 aromatic carbocycles. The average Bonchev–Trinajstić information content (AvgIpc) is 2.58. The molecule has 2 rings (SSSR count). The fourth-order valence-electron chi connectivity index (χ4n) is 2.38. The van der Waals surface area contributed by atoms with E-state index in [-0.39, 0.29) is 30.1 Å². The molecule has 0 aromatic heterocycles. The molecule has 0 fully saturated rings. The van der Waals surface area contributed by atoms with E-state index in [0.29, 0.717) is 6.54 Å². The molecule has 0 heterocycles. The quantitative estimate of drug-likeness (QED) is 0.379. The van der Waals surface area contributed by atoms with Crippen molar-refractivity contribution in [2.75, 3.05) is 13.6 Å². The number of benzene rings is 2. The second kappa shape index (κ2) is 11.7. The van der Waals surface area contributed by atoms with Crippen LogP contribution < -0.4 is 15.4 Å². The predicted molar refractivity (Wildman–Crippen MR) is 116 cm³/mol. The summed E-state index contributed by atoms with van der Waals surface area (Å²) in [5, 5.41) is 6.68. The van der Waals surface area contributed by atoms with Gasteiger partial charge < -0.3 is 15.4 Å². The van der Waals surface area contributed by atoms with Gasteiger partial charge in [0.05, 0.1) is 6.10 Å². The molecule has 0 spiro atoms. The average molecular weight is 453 g/mol. The summed E-state index contributed by atoms with van der Waals surface area (Å²) in [5.41, 5.74) is 2.48. The van der Waals surface area contributed by atoms with Gasteiger partial charge in [-0.15, -0.1) is 24.0 Å². The van der Waals surface area contributed by atoms with Gasteiger partial charge in [-0.3, -0.25) is 4.99 Å². The van der Waals surface area contributed by atoms with Gasteiger partial charge in [-0.1, -0.05) is 42.5 Å². The molecular formula is C20H28IN3O. The first-order chi connectivity index (χ1) is 11.7. The molecule has 0 saturated heterocycles. The van der Waals surface area contributed by atoms with E-state index >= 15 is 0 Å². The van der Waals surface area contributed by atoms with Gasteiger partial charge in [-0.05, 0) is 43.5 Å². The van der Waals surface area contributed by atoms with Crippen LogP contribution in [0.5, 0.6) is 5.75 Å². The monoisotopic (exact) mass is 453 g/mol. The standard InChI is InChI=1S/C20H27N3O.HI/c1-16(2)24-19-11-7-10-18(14-19)15-23-20(21-3)22-13-12-17-8-5-4-6-9-17;/h4-11,14,16H,12-13,15H2,1-3H3,(H2,21,22,23);1H. The van der Waals surface area contributed by atoms with Crippen molar-refractivity contribution < 1.29 is 4.74 Å². The first-order valence-corrected chi connectivity index (χ1v) is 8.41. The Morgan fingerprint density at radius 2 is 1.72 bits per heavy atom. The maximum absolute atomic E-state index is 5.73. The van der Waals surface area contributed by atoms with Crippen LogP contribution in [-0.2, 0) is 13.0 Å². The van der Waals surface area contributed by atoms with Gasteiger partial charge in [0.15, 0.2) is 5.96 Å². The zero-order chi connectivity index (χ0) is 17.2. The number of hydrogen-bond acceptors (Lipinski definition) is 2. The van der Waals surface area contributed by atoms with E-state index in [1.807, 2.05) is 32.0 Å². The van der Waals surface area contributed by atoms with E-state index in [0.717, 1.165) is 24.7 Å². The molecule has 5 heteroatoms. The summed E-state index contributed by atoms with van der Waals surface area (Å²) < 4.78 is 5.73. The molecule has 4 nitrogen and oxygen atoms in total. The Balaban J connectivity index is 0.00000312. The Morgan fingerprint density at radius 1 is 1.00 bits per heavy atom. The minimum Gasteiger partial charge on any atom is -0.491 e. The van der Waals surface area contributed by atoms with Gasteiger partial charge in [-0.25, -0.2) is 0 Å². The highest BCUT2D eigenvalue weighted by Crippen LogP contribution is 2.14. The lowest BCUT2D eigenvalue weighted by atomic mass is 10.1. The highest BCUT2D eigenvalue weighted by Gasteiger charge is 2.02. The summed E-state index contributed by atoms with van der Waals surface area (Å²) in [6, 6.07) is 18.6. The van der Waals surface area contributed by atoms with Crippen molar-refractivity contribution in [1.82, 2.24) is 10.6 Å². The van der Waals surface area contributed by atoms with Crippen molar-refractivity contribution in [3.8, 4) is 5.75 Å². The van der Waals surface area contributed by atoms with Crippen LogP contribution in [0.4, 0.5) is 0 Å². The van der Waals surface area contributed by atoms with Crippen LogP contribution in [-0.4, -0.2) is 25.7 Å². The zero-order valence-corrected chi connectivity index (χ0v) is 17.5. The predicted octanol–water partition coefficient (Wildman–Crippen LogP) is 4.00. The maximum Gasteiger partial charge on any atom is 0.191 e. The van der Waals surface area contributed by atoms with E-state index in [2.05, 4.69) is 52.0 Å². The number of nitrogens with one attached hydrogen (secondary N) is 2. The van der Waals surface area contributed by atoms with Crippen LogP contribution >= 0.6 is 24.0 Å². The number of guanidine groups is 1. The lowest BCUT2D eigenvalue weighted by molar-refractivity contribution is 0.242. The molecule has 0 aliphatic heterocycles. The van der Waals surface area contributed by atoms with Crippen LogP contribution in [0, 0.1) is 0 Å². The number of hydrogen-bond donors (Lipinski definition) is 2. The Hall–Kier alpha value is -1.76. The van der Waals surface area contributed by atoms with Crippen molar-refractivity contribution in [2.45, 2.75) is 32.9 Å². The van der Waals surface area contributed by atoms with Gasteiger partial charge >= 0.3 is 0 Å². The number of nitrogens with zero attached hydrogens (tertiary/aromatic N) is 1. The molecule has 0 aliphatic carbocycles. The summed E-state index contributed by atoms with van der Waals surface area (Å²) in [6.07, 6.45) is 1.15. The first-order valence-electron chi connectivity index (χ1n) is 8.41. The summed E-state index contributed by atoms with van der Waals surface area (Å²) in [5.74, 6) is 1.71. The van der Waals surface area contributed by atoms with Crippen molar-refractivity contribution in [1.29, 1.82) is 0 Å². The van der Waals surface area contributed by atoms with Crippen molar-refractivity contribution >= 4 is 29.9 Å². The molecule has 0 atom stereocenters. The van der Waals surface area contributed by atoms with Crippen LogP contribution in [0.2, 0.25) is 0 Å². The number of rotatable bonds is 7. The van der Waals surface area contributed by atoms with Gasteiger partial charge in [0.1, 0.15) is 5.75 Å².